The summed E-state index contributed by atoms with van der Waals surface area (Å²) >= 11 is 1.81. The van der Waals surface area contributed by atoms with E-state index in [-0.39, 0.29) is 5.91 Å². The number of nitrogens with zero attached hydrogens (tertiary/aromatic N) is 1. The van der Waals surface area contributed by atoms with Crippen molar-refractivity contribution in [2.75, 3.05) is 26.2 Å². The summed E-state index contributed by atoms with van der Waals surface area (Å²) in [7, 11) is 0. The Labute approximate surface area is 150 Å². The van der Waals surface area contributed by atoms with Crippen molar-refractivity contribution in [2.45, 2.75) is 56.5 Å². The van der Waals surface area contributed by atoms with Crippen LogP contribution >= 0.6 is 11.8 Å². The number of nitrogens with one attached hydrogen (secondary N) is 1. The summed E-state index contributed by atoms with van der Waals surface area (Å²) in [6.45, 7) is 12.2. The molecule has 0 bridgehead atoms. The molecule has 1 aliphatic heterocycles. The minimum atomic E-state index is 0.0137. The summed E-state index contributed by atoms with van der Waals surface area (Å²) < 4.78 is 5.74. The summed E-state index contributed by atoms with van der Waals surface area (Å²) in [5.41, 5.74) is 0.733. The van der Waals surface area contributed by atoms with Crippen molar-refractivity contribution in [1.82, 2.24) is 10.2 Å². The lowest BCUT2D eigenvalue weighted by Crippen LogP contribution is -2.46. The molecule has 0 aliphatic carbocycles. The lowest BCUT2D eigenvalue weighted by atomic mass is 10.2. The highest BCUT2D eigenvalue weighted by Gasteiger charge is 2.21. The highest BCUT2D eigenvalue weighted by atomic mass is 32.2. The Morgan fingerprint density at radius 1 is 1.25 bits per heavy atom. The summed E-state index contributed by atoms with van der Waals surface area (Å²) in [5, 5.41) is 3.57. The van der Waals surface area contributed by atoms with Crippen LogP contribution in [0.3, 0.4) is 0 Å². The number of rotatable bonds is 7. The van der Waals surface area contributed by atoms with E-state index in [9.17, 15) is 4.79 Å². The van der Waals surface area contributed by atoms with Crippen molar-refractivity contribution in [3.8, 4) is 0 Å². The first kappa shape index (κ1) is 19.3. The predicted molar refractivity (Wildman–Crippen MR) is 101 cm³/mol. The fourth-order valence-corrected chi connectivity index (χ4v) is 3.87. The Morgan fingerprint density at radius 2 is 1.88 bits per heavy atom. The predicted octanol–water partition coefficient (Wildman–Crippen LogP) is 3.42. The zero-order valence-corrected chi connectivity index (χ0v) is 16.1. The molecule has 4 nitrogen and oxygen atoms in total. The smallest absolute Gasteiger partial charge is 0.251 e. The van der Waals surface area contributed by atoms with Crippen LogP contribution in [-0.2, 0) is 4.74 Å². The van der Waals surface area contributed by atoms with Crippen molar-refractivity contribution in [1.29, 1.82) is 0 Å². The van der Waals surface area contributed by atoms with Gasteiger partial charge in [0.05, 0.1) is 12.2 Å². The number of hydrogen-bond donors (Lipinski definition) is 1. The van der Waals surface area contributed by atoms with Gasteiger partial charge in [-0.05, 0) is 44.5 Å². The van der Waals surface area contributed by atoms with Crippen LogP contribution in [0.2, 0.25) is 0 Å². The maximum Gasteiger partial charge on any atom is 0.251 e. The second kappa shape index (κ2) is 9.44. The van der Waals surface area contributed by atoms with Crippen molar-refractivity contribution in [3.63, 3.8) is 0 Å². The monoisotopic (exact) mass is 350 g/mol. The molecular weight excluding hydrogens is 320 g/mol. The van der Waals surface area contributed by atoms with Crippen LogP contribution in [0.1, 0.15) is 44.5 Å². The summed E-state index contributed by atoms with van der Waals surface area (Å²) in [6.07, 6.45) is 1.56. The second-order valence-corrected chi connectivity index (χ2v) is 8.47. The highest BCUT2D eigenvalue weighted by Crippen LogP contribution is 2.22. The number of hydrogen-bond acceptors (Lipinski definition) is 4. The highest BCUT2D eigenvalue weighted by molar-refractivity contribution is 7.99. The number of carbonyl (C=O) groups is 1. The Kier molecular flexibility index (Phi) is 7.59. The molecule has 24 heavy (non-hydrogen) atoms. The number of benzene rings is 1. The zero-order valence-electron chi connectivity index (χ0n) is 15.2. The van der Waals surface area contributed by atoms with E-state index in [0.29, 0.717) is 24.0 Å². The van der Waals surface area contributed by atoms with E-state index >= 15 is 0 Å². The number of amides is 1. The Balaban J connectivity index is 1.69. The van der Waals surface area contributed by atoms with Gasteiger partial charge in [-0.1, -0.05) is 13.8 Å². The molecule has 0 saturated carbocycles. The third kappa shape index (κ3) is 6.46. The van der Waals surface area contributed by atoms with E-state index in [1.165, 1.54) is 4.90 Å². The molecule has 1 N–H and O–H groups in total. The van der Waals surface area contributed by atoms with Gasteiger partial charge < -0.3 is 10.1 Å². The molecule has 1 amide bonds. The molecule has 1 aromatic carbocycles. The van der Waals surface area contributed by atoms with Gasteiger partial charge in [-0.15, -0.1) is 11.8 Å². The molecule has 0 aromatic heterocycles. The first-order chi connectivity index (χ1) is 11.4. The van der Waals surface area contributed by atoms with E-state index in [1.54, 1.807) is 0 Å². The van der Waals surface area contributed by atoms with E-state index < -0.39 is 0 Å². The number of thioether (sulfide) groups is 1. The maximum absolute atomic E-state index is 12.2. The summed E-state index contributed by atoms with van der Waals surface area (Å²) in [6, 6.07) is 7.86. The maximum atomic E-state index is 12.2. The summed E-state index contributed by atoms with van der Waals surface area (Å²) in [4.78, 5) is 15.8. The average molecular weight is 351 g/mol. The van der Waals surface area contributed by atoms with Crippen LogP contribution in [-0.4, -0.2) is 54.4 Å². The molecule has 1 aliphatic rings. The average Bonchev–Trinajstić information content (AvgIpc) is 2.50. The van der Waals surface area contributed by atoms with Crippen LogP contribution in [0.4, 0.5) is 0 Å². The lowest BCUT2D eigenvalue weighted by Gasteiger charge is -2.35. The molecule has 1 aromatic rings. The van der Waals surface area contributed by atoms with Crippen molar-refractivity contribution in [2.24, 2.45) is 0 Å². The Hall–Kier alpha value is -1.04. The molecule has 0 spiro atoms. The van der Waals surface area contributed by atoms with Gasteiger partial charge in [-0.2, -0.15) is 0 Å². The van der Waals surface area contributed by atoms with Crippen LogP contribution < -0.4 is 5.32 Å². The number of morpholine rings is 1. The fraction of sp³-hybridized carbons (Fsp3) is 0.632. The third-order valence-corrected chi connectivity index (χ3v) is 4.94. The van der Waals surface area contributed by atoms with Crippen molar-refractivity contribution in [3.05, 3.63) is 29.8 Å². The lowest BCUT2D eigenvalue weighted by molar-refractivity contribution is -0.0679. The van der Waals surface area contributed by atoms with Gasteiger partial charge in [0.2, 0.25) is 0 Å². The molecule has 2 rings (SSSR count). The largest absolute Gasteiger partial charge is 0.373 e. The van der Waals surface area contributed by atoms with Gasteiger partial charge in [0, 0.05) is 41.9 Å². The fourth-order valence-electron chi connectivity index (χ4n) is 3.03. The molecule has 5 heteroatoms. The van der Waals surface area contributed by atoms with E-state index in [1.807, 2.05) is 36.0 Å². The quantitative estimate of drug-likeness (QED) is 0.604. The Morgan fingerprint density at radius 3 is 2.46 bits per heavy atom. The molecule has 1 heterocycles. The SMILES string of the molecule is CC1CN(CCCNC(=O)c2ccc(SC(C)C)cc2)CC(C)O1. The minimum absolute atomic E-state index is 0.0137. The first-order valence-corrected chi connectivity index (χ1v) is 9.74. The van der Waals surface area contributed by atoms with Gasteiger partial charge >= 0.3 is 0 Å². The molecule has 134 valence electrons. The van der Waals surface area contributed by atoms with Crippen molar-refractivity contribution < 1.29 is 9.53 Å². The summed E-state index contributed by atoms with van der Waals surface area (Å²) in [5.74, 6) is 0.0137. The van der Waals surface area contributed by atoms with Gasteiger partial charge in [0.25, 0.3) is 5.91 Å². The molecule has 1 saturated heterocycles. The van der Waals surface area contributed by atoms with Gasteiger partial charge in [-0.25, -0.2) is 0 Å². The molecule has 0 radical (unpaired) electrons. The van der Waals surface area contributed by atoms with E-state index in [4.69, 9.17) is 4.74 Å². The van der Waals surface area contributed by atoms with Crippen LogP contribution in [0.25, 0.3) is 0 Å². The second-order valence-electron chi connectivity index (χ2n) is 6.82. The zero-order chi connectivity index (χ0) is 17.5. The van der Waals surface area contributed by atoms with Gasteiger partial charge in [0.1, 0.15) is 0 Å². The third-order valence-electron chi connectivity index (χ3n) is 3.92. The minimum Gasteiger partial charge on any atom is -0.373 e. The normalized spacial score (nSPS) is 21.9. The molecular formula is C19H30N2O2S. The first-order valence-electron chi connectivity index (χ1n) is 8.86. The van der Waals surface area contributed by atoms with Crippen molar-refractivity contribution >= 4 is 17.7 Å². The van der Waals surface area contributed by atoms with Crippen LogP contribution in [0, 0.1) is 0 Å². The van der Waals surface area contributed by atoms with E-state index in [0.717, 1.165) is 31.6 Å². The molecule has 1 fully saturated rings. The van der Waals surface area contributed by atoms with Gasteiger partial charge in [0.15, 0.2) is 0 Å². The molecule has 2 unspecified atom stereocenters. The number of carbonyl (C=O) groups excluding carboxylic acids is 1. The van der Waals surface area contributed by atoms with Crippen LogP contribution in [0.15, 0.2) is 29.2 Å². The van der Waals surface area contributed by atoms with Gasteiger partial charge in [-0.3, -0.25) is 9.69 Å². The number of ether oxygens (including phenoxy) is 1. The standard InChI is InChI=1S/C19H30N2O2S/c1-14(2)24-18-8-6-17(7-9-18)19(22)20-10-5-11-21-12-15(3)23-16(4)13-21/h6-9,14-16H,5,10-13H2,1-4H3,(H,20,22). The molecule has 2 atom stereocenters. The van der Waals surface area contributed by atoms with E-state index in [2.05, 4.69) is 37.9 Å². The topological polar surface area (TPSA) is 41.6 Å². The van der Waals surface area contributed by atoms with Crippen LogP contribution in [0.5, 0.6) is 0 Å². The Bertz CT molecular complexity index is 509.